The molecule has 0 fully saturated rings. The summed E-state index contributed by atoms with van der Waals surface area (Å²) < 4.78 is 7.29. The van der Waals surface area contributed by atoms with E-state index >= 15 is 0 Å². The van der Waals surface area contributed by atoms with Crippen LogP contribution in [0.2, 0.25) is 0 Å². The standard InChI is InChI=1S/C23H19N3O4/c24-13-15-4-3-6-16(10-15)19-11-18(14-26-9-8-25-22(19)26)23(29)30-20-7-2-1-5-17(20)12-21(27)28/h1-11,14H,12-13,24H2,(H,27,28). The quantitative estimate of drug-likeness (QED) is 0.379. The first kappa shape index (κ1) is 19.4. The molecule has 3 N–H and O–H groups in total. The number of carboxylic acids is 1. The lowest BCUT2D eigenvalue weighted by Gasteiger charge is -2.11. The van der Waals surface area contributed by atoms with Crippen molar-refractivity contribution < 1.29 is 19.4 Å². The highest BCUT2D eigenvalue weighted by Crippen LogP contribution is 2.27. The largest absolute Gasteiger partial charge is 0.481 e. The van der Waals surface area contributed by atoms with Crippen LogP contribution < -0.4 is 10.5 Å². The van der Waals surface area contributed by atoms with Gasteiger partial charge in [-0.25, -0.2) is 9.78 Å². The number of aliphatic carboxylic acids is 1. The van der Waals surface area contributed by atoms with E-state index in [1.807, 2.05) is 24.3 Å². The molecule has 0 atom stereocenters. The zero-order valence-electron chi connectivity index (χ0n) is 16.0. The van der Waals surface area contributed by atoms with Crippen LogP contribution >= 0.6 is 0 Å². The summed E-state index contributed by atoms with van der Waals surface area (Å²) in [6, 6.07) is 16.1. The molecule has 150 valence electrons. The lowest BCUT2D eigenvalue weighted by molar-refractivity contribution is -0.136. The van der Waals surface area contributed by atoms with Gasteiger partial charge in [0.15, 0.2) is 0 Å². The van der Waals surface area contributed by atoms with Gasteiger partial charge >= 0.3 is 11.9 Å². The van der Waals surface area contributed by atoms with Gasteiger partial charge in [-0.3, -0.25) is 4.79 Å². The van der Waals surface area contributed by atoms with Gasteiger partial charge in [0.05, 0.1) is 12.0 Å². The molecule has 0 saturated heterocycles. The van der Waals surface area contributed by atoms with E-state index in [1.165, 1.54) is 0 Å². The Bertz CT molecular complexity index is 1250. The molecule has 2 aromatic heterocycles. The molecule has 4 rings (SSSR count). The van der Waals surface area contributed by atoms with E-state index in [1.54, 1.807) is 53.3 Å². The Morgan fingerprint density at radius 1 is 1.10 bits per heavy atom. The molecule has 7 nitrogen and oxygen atoms in total. The number of para-hydroxylation sites is 1. The highest BCUT2D eigenvalue weighted by atomic mass is 16.5. The number of carbonyl (C=O) groups excluding carboxylic acids is 1. The zero-order chi connectivity index (χ0) is 21.1. The summed E-state index contributed by atoms with van der Waals surface area (Å²) in [5.41, 5.74) is 9.83. The minimum atomic E-state index is -1.000. The van der Waals surface area contributed by atoms with Crippen molar-refractivity contribution in [1.82, 2.24) is 9.38 Å². The third kappa shape index (κ3) is 3.92. The van der Waals surface area contributed by atoms with Gasteiger partial charge in [0.1, 0.15) is 11.4 Å². The average Bonchev–Trinajstić information content (AvgIpc) is 3.23. The van der Waals surface area contributed by atoms with E-state index in [2.05, 4.69) is 4.98 Å². The van der Waals surface area contributed by atoms with Crippen LogP contribution in [-0.2, 0) is 17.8 Å². The van der Waals surface area contributed by atoms with Crippen LogP contribution in [0.5, 0.6) is 5.75 Å². The van der Waals surface area contributed by atoms with Gasteiger partial charge in [0.25, 0.3) is 0 Å². The fraction of sp³-hybridized carbons (Fsp3) is 0.0870. The van der Waals surface area contributed by atoms with Gasteiger partial charge < -0.3 is 20.0 Å². The summed E-state index contributed by atoms with van der Waals surface area (Å²) in [4.78, 5) is 28.4. The Morgan fingerprint density at radius 2 is 1.93 bits per heavy atom. The number of pyridine rings is 1. The van der Waals surface area contributed by atoms with Crippen molar-refractivity contribution in [3.05, 3.63) is 89.9 Å². The van der Waals surface area contributed by atoms with Crippen LogP contribution in [0.15, 0.2) is 73.2 Å². The molecular weight excluding hydrogens is 382 g/mol. The third-order valence-corrected chi connectivity index (χ3v) is 4.71. The lowest BCUT2D eigenvalue weighted by Crippen LogP contribution is -2.12. The number of nitrogens with zero attached hydrogens (tertiary/aromatic N) is 2. The molecule has 0 saturated carbocycles. The molecule has 0 unspecified atom stereocenters. The van der Waals surface area contributed by atoms with Crippen molar-refractivity contribution in [3.8, 4) is 16.9 Å². The molecule has 0 amide bonds. The molecule has 0 aliphatic rings. The first-order chi connectivity index (χ1) is 14.5. The first-order valence-corrected chi connectivity index (χ1v) is 9.33. The van der Waals surface area contributed by atoms with Gasteiger partial charge in [-0.15, -0.1) is 0 Å². The Morgan fingerprint density at radius 3 is 2.73 bits per heavy atom. The van der Waals surface area contributed by atoms with Crippen LogP contribution in [0.1, 0.15) is 21.5 Å². The number of nitrogens with two attached hydrogens (primary N) is 1. The molecule has 0 radical (unpaired) electrons. The zero-order valence-corrected chi connectivity index (χ0v) is 16.0. The van der Waals surface area contributed by atoms with E-state index in [0.717, 1.165) is 16.7 Å². The molecule has 7 heteroatoms. The van der Waals surface area contributed by atoms with Crippen molar-refractivity contribution >= 4 is 17.6 Å². The lowest BCUT2D eigenvalue weighted by atomic mass is 10.0. The van der Waals surface area contributed by atoms with Gasteiger partial charge in [-0.05, 0) is 29.3 Å². The number of carbonyl (C=O) groups is 2. The summed E-state index contributed by atoms with van der Waals surface area (Å²) in [5.74, 6) is -1.36. The maximum Gasteiger partial charge on any atom is 0.345 e. The molecule has 2 aromatic carbocycles. The van der Waals surface area contributed by atoms with E-state index in [0.29, 0.717) is 23.3 Å². The maximum atomic E-state index is 12.9. The van der Waals surface area contributed by atoms with Crippen LogP contribution in [0.4, 0.5) is 0 Å². The second kappa shape index (κ2) is 8.18. The minimum absolute atomic E-state index is 0.224. The summed E-state index contributed by atoms with van der Waals surface area (Å²) in [5, 5.41) is 9.08. The van der Waals surface area contributed by atoms with E-state index in [9.17, 15) is 9.59 Å². The summed E-state index contributed by atoms with van der Waals surface area (Å²) in [7, 11) is 0. The molecule has 0 spiro atoms. The molecule has 0 bridgehead atoms. The number of carboxylic acid groups (broad SMARTS) is 1. The Kier molecular flexibility index (Phi) is 5.28. The maximum absolute atomic E-state index is 12.9. The number of hydrogen-bond acceptors (Lipinski definition) is 5. The second-order valence-electron chi connectivity index (χ2n) is 6.77. The SMILES string of the molecule is NCc1cccc(-c2cc(C(=O)Oc3ccccc3CC(=O)O)cn3ccnc23)c1. The fourth-order valence-corrected chi connectivity index (χ4v) is 3.29. The van der Waals surface area contributed by atoms with Gasteiger partial charge in [0.2, 0.25) is 0 Å². The van der Waals surface area contributed by atoms with Gasteiger partial charge in [0, 0.05) is 36.3 Å². The van der Waals surface area contributed by atoms with E-state index in [4.69, 9.17) is 15.6 Å². The molecule has 2 heterocycles. The summed E-state index contributed by atoms with van der Waals surface area (Å²) in [6.45, 7) is 0.403. The van der Waals surface area contributed by atoms with Crippen LogP contribution in [-0.4, -0.2) is 26.4 Å². The highest BCUT2D eigenvalue weighted by molar-refractivity contribution is 5.94. The van der Waals surface area contributed by atoms with Crippen LogP contribution in [0.3, 0.4) is 0 Å². The summed E-state index contributed by atoms with van der Waals surface area (Å²) in [6.07, 6.45) is 4.81. The van der Waals surface area contributed by atoms with E-state index in [-0.39, 0.29) is 12.2 Å². The number of hydrogen-bond donors (Lipinski definition) is 2. The molecule has 4 aromatic rings. The second-order valence-corrected chi connectivity index (χ2v) is 6.77. The van der Waals surface area contributed by atoms with Crippen molar-refractivity contribution in [2.75, 3.05) is 0 Å². The number of fused-ring (bicyclic) bond motifs is 1. The number of aromatic nitrogens is 2. The molecule has 0 aliphatic carbocycles. The third-order valence-electron chi connectivity index (χ3n) is 4.71. The van der Waals surface area contributed by atoms with Crippen LogP contribution in [0, 0.1) is 0 Å². The van der Waals surface area contributed by atoms with Crippen molar-refractivity contribution in [2.24, 2.45) is 5.73 Å². The van der Waals surface area contributed by atoms with Crippen molar-refractivity contribution in [1.29, 1.82) is 0 Å². The Balaban J connectivity index is 1.73. The molecule has 30 heavy (non-hydrogen) atoms. The van der Waals surface area contributed by atoms with Crippen molar-refractivity contribution in [2.45, 2.75) is 13.0 Å². The predicted molar refractivity (Wildman–Crippen MR) is 111 cm³/mol. The van der Waals surface area contributed by atoms with Gasteiger partial charge in [-0.2, -0.15) is 0 Å². The van der Waals surface area contributed by atoms with Crippen LogP contribution in [0.25, 0.3) is 16.8 Å². The fourth-order valence-electron chi connectivity index (χ4n) is 3.29. The smallest absolute Gasteiger partial charge is 0.345 e. The predicted octanol–water partition coefficient (Wildman–Crippen LogP) is 3.31. The number of imidazole rings is 1. The monoisotopic (exact) mass is 401 g/mol. The first-order valence-electron chi connectivity index (χ1n) is 9.33. The summed E-state index contributed by atoms with van der Waals surface area (Å²) >= 11 is 0. The van der Waals surface area contributed by atoms with Gasteiger partial charge in [-0.1, -0.05) is 36.4 Å². The minimum Gasteiger partial charge on any atom is -0.481 e. The molecular formula is C23H19N3O4. The number of rotatable bonds is 6. The van der Waals surface area contributed by atoms with E-state index < -0.39 is 11.9 Å². The Labute approximate surface area is 172 Å². The number of benzene rings is 2. The topological polar surface area (TPSA) is 107 Å². The normalized spacial score (nSPS) is 10.8. The number of ether oxygens (including phenoxy) is 1. The molecule has 0 aliphatic heterocycles. The number of esters is 1. The highest BCUT2D eigenvalue weighted by Gasteiger charge is 2.17. The average molecular weight is 401 g/mol. The Hall–Kier alpha value is -3.97. The van der Waals surface area contributed by atoms with Crippen molar-refractivity contribution in [3.63, 3.8) is 0 Å².